The number of hydrogen-bond donors (Lipinski definition) is 3. The second-order valence-corrected chi connectivity index (χ2v) is 10.6. The molecule has 36 heavy (non-hydrogen) atoms. The Morgan fingerprint density at radius 2 is 1.75 bits per heavy atom. The molecular formula is C30H38O6. The van der Waals surface area contributed by atoms with Crippen LogP contribution in [0.5, 0.6) is 0 Å². The molecule has 194 valence electrons. The molecule has 1 aliphatic carbocycles. The number of aliphatic hydroxyl groups is 2. The summed E-state index contributed by atoms with van der Waals surface area (Å²) >= 11 is 0. The lowest BCUT2D eigenvalue weighted by Gasteiger charge is -2.36. The molecule has 0 bridgehead atoms. The van der Waals surface area contributed by atoms with Crippen LogP contribution in [0.15, 0.2) is 66.4 Å². The Labute approximate surface area is 213 Å². The minimum absolute atomic E-state index is 0.0248. The Bertz CT molecular complexity index is 1070. The first kappa shape index (κ1) is 27.5. The predicted molar refractivity (Wildman–Crippen MR) is 140 cm³/mol. The molecule has 1 saturated carbocycles. The highest BCUT2D eigenvalue weighted by molar-refractivity contribution is 5.91. The average Bonchev–Trinajstić information content (AvgIpc) is 3.16. The van der Waals surface area contributed by atoms with Gasteiger partial charge in [0.1, 0.15) is 0 Å². The van der Waals surface area contributed by atoms with E-state index in [4.69, 9.17) is 4.74 Å². The van der Waals surface area contributed by atoms with Crippen LogP contribution >= 0.6 is 0 Å². The van der Waals surface area contributed by atoms with Crippen LogP contribution in [0.3, 0.4) is 0 Å². The van der Waals surface area contributed by atoms with E-state index < -0.39 is 36.0 Å². The fraction of sp³-hybridized carbons (Fsp3) is 0.467. The smallest absolute Gasteiger partial charge is 0.338 e. The van der Waals surface area contributed by atoms with Gasteiger partial charge in [-0.3, -0.25) is 4.79 Å². The van der Waals surface area contributed by atoms with Crippen molar-refractivity contribution in [1.29, 1.82) is 0 Å². The van der Waals surface area contributed by atoms with Gasteiger partial charge in [-0.05, 0) is 60.4 Å². The number of aliphatic carboxylic acids is 1. The fourth-order valence-electron chi connectivity index (χ4n) is 5.06. The number of aliphatic hydroxyl groups excluding tert-OH is 2. The number of carboxylic acid groups (broad SMARTS) is 1. The minimum atomic E-state index is -1.75. The number of rotatable bonds is 11. The first-order valence-corrected chi connectivity index (χ1v) is 12.8. The van der Waals surface area contributed by atoms with Crippen LogP contribution < -0.4 is 0 Å². The zero-order valence-electron chi connectivity index (χ0n) is 21.4. The topological polar surface area (TPSA) is 104 Å². The molecule has 0 spiro atoms. The summed E-state index contributed by atoms with van der Waals surface area (Å²) in [5.41, 5.74) is 0.212. The second-order valence-electron chi connectivity index (χ2n) is 10.6. The Morgan fingerprint density at radius 3 is 2.42 bits per heavy atom. The number of unbranched alkanes of at least 4 members (excludes halogenated alkanes) is 1. The highest BCUT2D eigenvalue weighted by Gasteiger charge is 2.56. The van der Waals surface area contributed by atoms with E-state index >= 15 is 0 Å². The molecule has 6 heteroatoms. The summed E-state index contributed by atoms with van der Waals surface area (Å²) < 4.78 is 5.86. The minimum Gasteiger partial charge on any atom is -0.512 e. The van der Waals surface area contributed by atoms with Crippen LogP contribution in [-0.4, -0.2) is 39.0 Å². The molecule has 0 heterocycles. The summed E-state index contributed by atoms with van der Waals surface area (Å²) in [6, 6.07) is 16.5. The van der Waals surface area contributed by atoms with Crippen molar-refractivity contribution in [1.82, 2.24) is 0 Å². The van der Waals surface area contributed by atoms with Crippen LogP contribution in [0.4, 0.5) is 0 Å². The van der Waals surface area contributed by atoms with Crippen molar-refractivity contribution in [3.8, 4) is 11.1 Å². The number of ether oxygens (including phenoxy) is 1. The maximum atomic E-state index is 13.3. The van der Waals surface area contributed by atoms with Gasteiger partial charge < -0.3 is 20.1 Å². The highest BCUT2D eigenvalue weighted by atomic mass is 16.6. The number of carbonyl (C=O) groups excluding carboxylic acids is 1. The molecule has 3 atom stereocenters. The predicted octanol–water partition coefficient (Wildman–Crippen LogP) is 6.54. The van der Waals surface area contributed by atoms with Crippen molar-refractivity contribution in [2.24, 2.45) is 11.3 Å². The molecule has 0 radical (unpaired) electrons. The van der Waals surface area contributed by atoms with Crippen LogP contribution in [0.1, 0.15) is 76.1 Å². The number of carboxylic acids is 1. The third-order valence-electron chi connectivity index (χ3n) is 7.23. The van der Waals surface area contributed by atoms with Gasteiger partial charge in [-0.2, -0.15) is 0 Å². The van der Waals surface area contributed by atoms with E-state index in [0.29, 0.717) is 12.8 Å². The van der Waals surface area contributed by atoms with Crippen molar-refractivity contribution in [2.45, 2.75) is 77.4 Å². The van der Waals surface area contributed by atoms with Crippen molar-refractivity contribution in [3.63, 3.8) is 0 Å². The van der Waals surface area contributed by atoms with Crippen molar-refractivity contribution < 1.29 is 29.6 Å². The van der Waals surface area contributed by atoms with E-state index in [0.717, 1.165) is 30.4 Å². The van der Waals surface area contributed by atoms with E-state index in [1.165, 1.54) is 0 Å². The van der Waals surface area contributed by atoms with E-state index in [2.05, 4.69) is 20.8 Å². The monoisotopic (exact) mass is 494 g/mol. The summed E-state index contributed by atoms with van der Waals surface area (Å²) in [6.07, 6.45) is 4.21. The molecule has 0 amide bonds. The number of benzene rings is 2. The summed E-state index contributed by atoms with van der Waals surface area (Å²) in [7, 11) is 0. The standard InChI is InChI=1S/C30H38O6/c1-4-5-17-29(2,3)18-16-25(31)24-14-15-26(32)30(24,20-27(33)34)36-28(35)23-13-9-12-22(19-23)21-10-7-6-8-11-21/h6-13,16,19,24,26,31-32H,4-5,14-15,17-18,20H2,1-3H3,(H,33,34)/t24-,26+,30+/m0/s1. The largest absolute Gasteiger partial charge is 0.512 e. The molecule has 3 rings (SSSR count). The van der Waals surface area contributed by atoms with Gasteiger partial charge in [0.25, 0.3) is 0 Å². The third kappa shape index (κ3) is 6.55. The van der Waals surface area contributed by atoms with Crippen molar-refractivity contribution >= 4 is 11.9 Å². The van der Waals surface area contributed by atoms with Gasteiger partial charge in [-0.25, -0.2) is 4.79 Å². The fourth-order valence-corrected chi connectivity index (χ4v) is 5.06. The van der Waals surface area contributed by atoms with Gasteiger partial charge >= 0.3 is 11.9 Å². The molecule has 2 aromatic rings. The van der Waals surface area contributed by atoms with Gasteiger partial charge in [-0.15, -0.1) is 0 Å². The highest BCUT2D eigenvalue weighted by Crippen LogP contribution is 2.46. The van der Waals surface area contributed by atoms with Gasteiger partial charge in [0.2, 0.25) is 0 Å². The molecule has 6 nitrogen and oxygen atoms in total. The van der Waals surface area contributed by atoms with E-state index in [1.807, 2.05) is 36.4 Å². The van der Waals surface area contributed by atoms with Crippen molar-refractivity contribution in [3.05, 3.63) is 72.0 Å². The van der Waals surface area contributed by atoms with Gasteiger partial charge in [0.15, 0.2) is 5.60 Å². The molecule has 0 aliphatic heterocycles. The maximum Gasteiger partial charge on any atom is 0.338 e. The summed E-state index contributed by atoms with van der Waals surface area (Å²) in [5, 5.41) is 31.6. The zero-order chi connectivity index (χ0) is 26.3. The second kappa shape index (κ2) is 11.7. The molecule has 0 saturated heterocycles. The quantitative estimate of drug-likeness (QED) is 0.242. The Kier molecular flexibility index (Phi) is 8.96. The molecule has 0 unspecified atom stereocenters. The lowest BCUT2D eigenvalue weighted by atomic mass is 9.81. The third-order valence-corrected chi connectivity index (χ3v) is 7.23. The number of esters is 1. The van der Waals surface area contributed by atoms with Crippen LogP contribution in [-0.2, 0) is 9.53 Å². The summed E-state index contributed by atoms with van der Waals surface area (Å²) in [5.74, 6) is -2.76. The Hall–Kier alpha value is -3.12. The van der Waals surface area contributed by atoms with Crippen LogP contribution in [0.2, 0.25) is 0 Å². The van der Waals surface area contributed by atoms with Crippen LogP contribution in [0, 0.1) is 11.3 Å². The SMILES string of the molecule is CCCCC(C)(C)CC=C(O)[C@@H]1CC[C@@H](O)[C@]1(CC(=O)O)OC(=O)c1cccc(-c2ccccc2)c1. The number of hydrogen-bond acceptors (Lipinski definition) is 5. The van der Waals surface area contributed by atoms with Crippen LogP contribution in [0.25, 0.3) is 11.1 Å². The normalized spacial score (nSPS) is 22.4. The summed E-state index contributed by atoms with van der Waals surface area (Å²) in [4.78, 5) is 25.2. The molecule has 1 aliphatic rings. The van der Waals surface area contributed by atoms with E-state index in [9.17, 15) is 24.9 Å². The lowest BCUT2D eigenvalue weighted by molar-refractivity contribution is -0.151. The van der Waals surface area contributed by atoms with Gasteiger partial charge in [0, 0.05) is 0 Å². The zero-order valence-corrected chi connectivity index (χ0v) is 21.4. The number of allylic oxidation sites excluding steroid dienone is 1. The summed E-state index contributed by atoms with van der Waals surface area (Å²) in [6.45, 7) is 6.38. The molecule has 2 aromatic carbocycles. The average molecular weight is 495 g/mol. The van der Waals surface area contributed by atoms with Gasteiger partial charge in [-0.1, -0.05) is 76.1 Å². The van der Waals surface area contributed by atoms with Crippen molar-refractivity contribution in [2.75, 3.05) is 0 Å². The molecule has 1 fully saturated rings. The first-order chi connectivity index (χ1) is 17.1. The van der Waals surface area contributed by atoms with E-state index in [-0.39, 0.29) is 23.2 Å². The molecule has 0 aromatic heterocycles. The Morgan fingerprint density at radius 1 is 1.06 bits per heavy atom. The lowest BCUT2D eigenvalue weighted by Crippen LogP contribution is -2.49. The number of carbonyl (C=O) groups is 2. The molecular weight excluding hydrogens is 456 g/mol. The van der Waals surface area contributed by atoms with Gasteiger partial charge in [0.05, 0.1) is 29.8 Å². The Balaban J connectivity index is 1.89. The molecule has 3 N–H and O–H groups in total. The first-order valence-electron chi connectivity index (χ1n) is 12.8. The van der Waals surface area contributed by atoms with E-state index in [1.54, 1.807) is 24.3 Å². The maximum absolute atomic E-state index is 13.3.